The van der Waals surface area contributed by atoms with Gasteiger partial charge in [-0.15, -0.1) is 0 Å². The minimum absolute atomic E-state index is 0.690. The first-order valence-electron chi connectivity index (χ1n) is 1.88. The van der Waals surface area contributed by atoms with Gasteiger partial charge in [0.15, 0.2) is 0 Å². The molecule has 0 unspecified atom stereocenters. The quantitative estimate of drug-likeness (QED) is 0.540. The largest absolute Gasteiger partial charge is 0.397 e. The molecule has 0 aromatic carbocycles. The van der Waals surface area contributed by atoms with Gasteiger partial charge in [0.05, 0.1) is 5.69 Å². The number of nitrogens with two attached hydrogens (primary N) is 1. The molecule has 0 amide bonds. The Morgan fingerprint density at radius 1 is 1.71 bits per heavy atom. The predicted octanol–water partition coefficient (Wildman–Crippen LogP) is 1.07. The maximum Gasteiger partial charge on any atom is 0.0508 e. The van der Waals surface area contributed by atoms with Gasteiger partial charge in [-0.1, -0.05) is 0 Å². The van der Waals surface area contributed by atoms with Crippen LogP contribution >= 0.6 is 11.8 Å². The third-order valence-corrected chi connectivity index (χ3v) is 0.892. The van der Waals surface area contributed by atoms with Crippen LogP contribution in [0.3, 0.4) is 0 Å². The van der Waals surface area contributed by atoms with Crippen molar-refractivity contribution in [1.82, 2.24) is 4.09 Å². The second-order valence-electron chi connectivity index (χ2n) is 1.29. The normalized spacial score (nSPS) is 9.29. The van der Waals surface area contributed by atoms with Gasteiger partial charge in [-0.2, -0.15) is 0 Å². The molecule has 0 radical (unpaired) electrons. The summed E-state index contributed by atoms with van der Waals surface area (Å²) in [4.78, 5) is 0. The van der Waals surface area contributed by atoms with Crippen LogP contribution in [0, 0.1) is 0 Å². The van der Waals surface area contributed by atoms with Gasteiger partial charge in [0, 0.05) is 24.2 Å². The predicted molar refractivity (Wildman–Crippen MR) is 30.1 cm³/mol. The molecule has 2 nitrogen and oxygen atoms in total. The van der Waals surface area contributed by atoms with E-state index in [1.807, 2.05) is 0 Å². The maximum absolute atomic E-state index is 5.40. The summed E-state index contributed by atoms with van der Waals surface area (Å²) in [5.41, 5.74) is 5.96. The Hall–Kier alpha value is -0.630. The van der Waals surface area contributed by atoms with Crippen molar-refractivity contribution in [2.45, 2.75) is 0 Å². The fraction of sp³-hybridized carbons (Fsp3) is 0. The molecule has 0 aliphatic carbocycles. The standard InChI is InChI=1S/C4H5ClN2/c5-7-2-1-4(6)3-7/h1-3H,6H2. The van der Waals surface area contributed by atoms with E-state index in [1.165, 1.54) is 4.09 Å². The van der Waals surface area contributed by atoms with E-state index in [0.717, 1.165) is 0 Å². The highest BCUT2D eigenvalue weighted by Gasteiger charge is 1.82. The Morgan fingerprint density at radius 2 is 2.43 bits per heavy atom. The summed E-state index contributed by atoms with van der Waals surface area (Å²) in [5, 5.41) is 0. The summed E-state index contributed by atoms with van der Waals surface area (Å²) >= 11 is 5.40. The molecule has 1 aromatic heterocycles. The van der Waals surface area contributed by atoms with Gasteiger partial charge in [-0.3, -0.25) is 4.09 Å². The van der Waals surface area contributed by atoms with Crippen LogP contribution in [0.1, 0.15) is 0 Å². The Kier molecular flexibility index (Phi) is 0.947. The first-order valence-corrected chi connectivity index (χ1v) is 2.22. The van der Waals surface area contributed by atoms with Crippen molar-refractivity contribution in [3.8, 4) is 0 Å². The van der Waals surface area contributed by atoms with Crippen LogP contribution in [0.15, 0.2) is 18.5 Å². The fourth-order valence-corrected chi connectivity index (χ4v) is 0.555. The molecular formula is C4H5ClN2. The van der Waals surface area contributed by atoms with Crippen LogP contribution in [-0.4, -0.2) is 4.09 Å². The van der Waals surface area contributed by atoms with Crippen molar-refractivity contribution in [3.05, 3.63) is 18.5 Å². The second-order valence-corrected chi connectivity index (χ2v) is 1.68. The summed E-state index contributed by atoms with van der Waals surface area (Å²) in [7, 11) is 0. The molecule has 0 aliphatic heterocycles. The number of nitrogens with zero attached hydrogens (tertiary/aromatic N) is 1. The zero-order valence-electron chi connectivity index (χ0n) is 3.63. The number of aromatic nitrogens is 1. The van der Waals surface area contributed by atoms with Crippen LogP contribution in [-0.2, 0) is 0 Å². The van der Waals surface area contributed by atoms with Crippen molar-refractivity contribution in [3.63, 3.8) is 0 Å². The fourth-order valence-electron chi connectivity index (χ4n) is 0.386. The molecule has 0 aliphatic rings. The number of rotatable bonds is 0. The highest BCUT2D eigenvalue weighted by molar-refractivity contribution is 6.15. The van der Waals surface area contributed by atoms with E-state index in [0.29, 0.717) is 5.69 Å². The van der Waals surface area contributed by atoms with Crippen molar-refractivity contribution >= 4 is 17.5 Å². The highest BCUT2D eigenvalue weighted by Crippen LogP contribution is 2.01. The van der Waals surface area contributed by atoms with Crippen LogP contribution < -0.4 is 5.73 Å². The van der Waals surface area contributed by atoms with Gasteiger partial charge in [-0.25, -0.2) is 0 Å². The van der Waals surface area contributed by atoms with E-state index in [-0.39, 0.29) is 0 Å². The molecule has 38 valence electrons. The first-order chi connectivity index (χ1) is 3.29. The lowest BCUT2D eigenvalue weighted by Crippen LogP contribution is -1.76. The van der Waals surface area contributed by atoms with Crippen LogP contribution in [0.25, 0.3) is 0 Å². The molecule has 0 bridgehead atoms. The first kappa shape index (κ1) is 4.53. The minimum atomic E-state index is 0.690. The SMILES string of the molecule is Nc1ccn(Cl)c1. The maximum atomic E-state index is 5.40. The van der Waals surface area contributed by atoms with Gasteiger partial charge in [-0.05, 0) is 6.07 Å². The topological polar surface area (TPSA) is 30.9 Å². The Morgan fingerprint density at radius 3 is 2.57 bits per heavy atom. The molecule has 3 heteroatoms. The Labute approximate surface area is 46.6 Å². The van der Waals surface area contributed by atoms with Crippen molar-refractivity contribution < 1.29 is 0 Å². The number of hydrogen-bond donors (Lipinski definition) is 1. The highest BCUT2D eigenvalue weighted by atomic mass is 35.5. The lowest BCUT2D eigenvalue weighted by molar-refractivity contribution is 1.27. The van der Waals surface area contributed by atoms with Gasteiger partial charge >= 0.3 is 0 Å². The lowest BCUT2D eigenvalue weighted by Gasteiger charge is -1.76. The van der Waals surface area contributed by atoms with Gasteiger partial charge in [0.2, 0.25) is 0 Å². The molecule has 0 spiro atoms. The molecule has 0 fully saturated rings. The number of anilines is 1. The summed E-state index contributed by atoms with van der Waals surface area (Å²) < 4.78 is 1.38. The van der Waals surface area contributed by atoms with E-state index in [4.69, 9.17) is 17.5 Å². The van der Waals surface area contributed by atoms with Crippen molar-refractivity contribution in [2.24, 2.45) is 0 Å². The van der Waals surface area contributed by atoms with Crippen LogP contribution in [0.2, 0.25) is 0 Å². The third-order valence-electron chi connectivity index (χ3n) is 0.682. The smallest absolute Gasteiger partial charge is 0.0508 e. The van der Waals surface area contributed by atoms with E-state index in [2.05, 4.69) is 0 Å². The molecule has 0 saturated heterocycles. The minimum Gasteiger partial charge on any atom is -0.397 e. The molecule has 0 atom stereocenters. The third kappa shape index (κ3) is 0.871. The average molecular weight is 117 g/mol. The zero-order valence-corrected chi connectivity index (χ0v) is 4.39. The van der Waals surface area contributed by atoms with E-state index < -0.39 is 0 Å². The molecule has 1 aromatic rings. The van der Waals surface area contributed by atoms with E-state index in [1.54, 1.807) is 18.5 Å². The van der Waals surface area contributed by atoms with E-state index >= 15 is 0 Å². The van der Waals surface area contributed by atoms with Crippen molar-refractivity contribution in [2.75, 3.05) is 5.73 Å². The summed E-state index contributed by atoms with van der Waals surface area (Å²) in [6.45, 7) is 0. The molecule has 1 rings (SSSR count). The Bertz CT molecular complexity index is 142. The van der Waals surface area contributed by atoms with Gasteiger partial charge in [0.25, 0.3) is 0 Å². The summed E-state index contributed by atoms with van der Waals surface area (Å²) in [5.74, 6) is 0. The molecule has 0 saturated carbocycles. The van der Waals surface area contributed by atoms with Crippen LogP contribution in [0.5, 0.6) is 0 Å². The van der Waals surface area contributed by atoms with Crippen molar-refractivity contribution in [1.29, 1.82) is 0 Å². The van der Waals surface area contributed by atoms with E-state index in [9.17, 15) is 0 Å². The monoisotopic (exact) mass is 116 g/mol. The Balaban J connectivity index is 3.04. The summed E-state index contributed by atoms with van der Waals surface area (Å²) in [6, 6.07) is 1.73. The second kappa shape index (κ2) is 1.46. The average Bonchev–Trinajstić information content (AvgIpc) is 1.87. The molecular weight excluding hydrogens is 112 g/mol. The zero-order chi connectivity index (χ0) is 5.28. The molecule has 2 N–H and O–H groups in total. The molecule has 1 heterocycles. The number of nitrogen functional groups attached to an aromatic ring is 1. The molecule has 7 heavy (non-hydrogen) atoms. The van der Waals surface area contributed by atoms with Crippen LogP contribution in [0.4, 0.5) is 5.69 Å². The van der Waals surface area contributed by atoms with Gasteiger partial charge < -0.3 is 5.73 Å². The summed E-state index contributed by atoms with van der Waals surface area (Å²) in [6.07, 6.45) is 3.30. The lowest BCUT2D eigenvalue weighted by atomic mass is 10.6. The van der Waals surface area contributed by atoms with Gasteiger partial charge in [0.1, 0.15) is 0 Å². The number of halogens is 1. The number of hydrogen-bond acceptors (Lipinski definition) is 1.